The summed E-state index contributed by atoms with van der Waals surface area (Å²) in [6.45, 7) is 25.0. The van der Waals surface area contributed by atoms with Gasteiger partial charge in [-0.05, 0) is 65.8 Å². The van der Waals surface area contributed by atoms with Gasteiger partial charge in [0.25, 0.3) is 0 Å². The molecule has 7 heteroatoms. The Morgan fingerprint density at radius 2 is 0.894 bits per heavy atom. The maximum atomic E-state index is 7.38. The van der Waals surface area contributed by atoms with Crippen LogP contribution in [0.3, 0.4) is 0 Å². The summed E-state index contributed by atoms with van der Waals surface area (Å²) in [5.74, 6) is 0. The van der Waals surface area contributed by atoms with Gasteiger partial charge < -0.3 is 23.6 Å². The van der Waals surface area contributed by atoms with Gasteiger partial charge in [0.05, 0.1) is 25.4 Å². The summed E-state index contributed by atoms with van der Waals surface area (Å²) < 4.78 is 28.9. The number of hydrogen-bond acceptors (Lipinski definition) is 5. The zero-order chi connectivity index (χ0) is 34.3. The lowest BCUT2D eigenvalue weighted by molar-refractivity contribution is -0.153. The molecule has 3 aromatic carbocycles. The topological polar surface area (TPSA) is 49.0 Å². The number of hydrogen-bond donors (Lipinski definition) is 1. The fourth-order valence-electron chi connectivity index (χ4n) is 5.65. The van der Waals surface area contributed by atoms with E-state index in [0.29, 0.717) is 13.2 Å². The van der Waals surface area contributed by atoms with Crippen LogP contribution in [0.5, 0.6) is 0 Å². The second-order valence-corrected chi connectivity index (χ2v) is 25.9. The molecule has 0 bridgehead atoms. The van der Waals surface area contributed by atoms with Gasteiger partial charge in [0.15, 0.2) is 16.6 Å². The van der Waals surface area contributed by atoms with Crippen LogP contribution in [0.15, 0.2) is 91.0 Å². The lowest BCUT2D eigenvalue weighted by atomic mass is 10.0. The first kappa shape index (κ1) is 37.7. The summed E-state index contributed by atoms with van der Waals surface area (Å²) in [4.78, 5) is 0. The normalized spacial score (nSPS) is 23.0. The van der Waals surface area contributed by atoms with Crippen LogP contribution in [0.25, 0.3) is 0 Å². The first-order valence-corrected chi connectivity index (χ1v) is 23.3. The van der Waals surface area contributed by atoms with E-state index in [9.17, 15) is 0 Å². The minimum absolute atomic E-state index is 0.0493. The molecular formula is C40H61NO4Si2. The molecule has 0 spiro atoms. The highest BCUT2D eigenvalue weighted by atomic mass is 28.4. The second-order valence-electron chi connectivity index (χ2n) is 16.4. The zero-order valence-corrected chi connectivity index (χ0v) is 32.7. The molecule has 1 saturated carbocycles. The third kappa shape index (κ3) is 10.7. The maximum Gasteiger partial charge on any atom is 0.192 e. The van der Waals surface area contributed by atoms with E-state index < -0.39 is 16.6 Å². The average Bonchev–Trinajstić information content (AvgIpc) is 3.13. The summed E-state index contributed by atoms with van der Waals surface area (Å²) >= 11 is 0. The lowest BCUT2D eigenvalue weighted by Gasteiger charge is -2.44. The average molecular weight is 676 g/mol. The first-order valence-electron chi connectivity index (χ1n) is 17.5. The number of rotatable bonds is 13. The second kappa shape index (κ2) is 16.1. The Kier molecular flexibility index (Phi) is 12.9. The molecule has 1 aliphatic rings. The summed E-state index contributed by atoms with van der Waals surface area (Å²) in [5.41, 5.74) is 3.56. The predicted octanol–water partition coefficient (Wildman–Crippen LogP) is 9.89. The minimum atomic E-state index is -2.19. The van der Waals surface area contributed by atoms with Gasteiger partial charge in [-0.1, -0.05) is 133 Å². The van der Waals surface area contributed by atoms with Crippen LogP contribution in [0, 0.1) is 0 Å². The summed E-state index contributed by atoms with van der Waals surface area (Å²) in [6, 6.07) is 31.8. The molecule has 0 aromatic heterocycles. The third-order valence-electron chi connectivity index (χ3n) is 10.6. The van der Waals surface area contributed by atoms with Crippen LogP contribution in [0.4, 0.5) is 0 Å². The molecule has 0 aliphatic heterocycles. The molecule has 0 radical (unpaired) electrons. The van der Waals surface area contributed by atoms with Gasteiger partial charge in [-0.3, -0.25) is 0 Å². The van der Waals surface area contributed by atoms with Crippen LogP contribution >= 0.6 is 0 Å². The van der Waals surface area contributed by atoms with Crippen molar-refractivity contribution in [2.24, 2.45) is 0 Å². The van der Waals surface area contributed by atoms with Gasteiger partial charge in [-0.2, -0.15) is 0 Å². The molecule has 4 rings (SSSR count). The van der Waals surface area contributed by atoms with E-state index in [4.69, 9.17) is 18.3 Å². The van der Waals surface area contributed by atoms with Gasteiger partial charge in [-0.15, -0.1) is 0 Å². The zero-order valence-electron chi connectivity index (χ0n) is 30.7. The number of benzene rings is 3. The molecule has 1 aliphatic carbocycles. The van der Waals surface area contributed by atoms with E-state index >= 15 is 0 Å². The van der Waals surface area contributed by atoms with E-state index in [-0.39, 0.29) is 40.5 Å². The Hall–Kier alpha value is -2.11. The van der Waals surface area contributed by atoms with Crippen molar-refractivity contribution >= 4 is 16.6 Å². The van der Waals surface area contributed by atoms with E-state index in [2.05, 4.69) is 164 Å². The smallest absolute Gasteiger partial charge is 0.192 e. The van der Waals surface area contributed by atoms with Crippen molar-refractivity contribution in [2.75, 3.05) is 0 Å². The third-order valence-corrected chi connectivity index (χ3v) is 19.6. The highest BCUT2D eigenvalue weighted by molar-refractivity contribution is 6.74. The highest BCUT2D eigenvalue weighted by Gasteiger charge is 2.50. The van der Waals surface area contributed by atoms with Crippen molar-refractivity contribution in [3.05, 3.63) is 108 Å². The summed E-state index contributed by atoms with van der Waals surface area (Å²) in [5, 5.41) is 4.03. The van der Waals surface area contributed by atoms with Crippen molar-refractivity contribution in [1.29, 1.82) is 0 Å². The molecule has 1 N–H and O–H groups in total. The van der Waals surface area contributed by atoms with Gasteiger partial charge in [0, 0.05) is 12.6 Å². The van der Waals surface area contributed by atoms with E-state index in [1.165, 1.54) is 5.56 Å². The van der Waals surface area contributed by atoms with Crippen LogP contribution in [0.2, 0.25) is 36.3 Å². The maximum absolute atomic E-state index is 7.38. The molecule has 5 nitrogen and oxygen atoms in total. The minimum Gasteiger partial charge on any atom is -0.411 e. The Morgan fingerprint density at radius 1 is 0.553 bits per heavy atom. The predicted molar refractivity (Wildman–Crippen MR) is 200 cm³/mol. The van der Waals surface area contributed by atoms with Crippen LogP contribution < -0.4 is 5.32 Å². The molecular weight excluding hydrogens is 615 g/mol. The highest BCUT2D eigenvalue weighted by Crippen LogP contribution is 2.43. The molecule has 0 heterocycles. The van der Waals surface area contributed by atoms with Crippen LogP contribution in [-0.4, -0.2) is 47.1 Å². The quantitative estimate of drug-likeness (QED) is 0.144. The molecule has 0 saturated heterocycles. The van der Waals surface area contributed by atoms with Crippen LogP contribution in [-0.2, 0) is 38.1 Å². The lowest BCUT2D eigenvalue weighted by Crippen LogP contribution is -2.55. The molecule has 4 atom stereocenters. The molecule has 1 fully saturated rings. The first-order chi connectivity index (χ1) is 22.1. The molecule has 0 amide bonds. The number of ether oxygens (including phenoxy) is 2. The van der Waals surface area contributed by atoms with Gasteiger partial charge >= 0.3 is 0 Å². The Balaban J connectivity index is 1.78. The number of nitrogens with one attached hydrogen (secondary N) is 1. The molecule has 3 aromatic rings. The van der Waals surface area contributed by atoms with Crippen molar-refractivity contribution in [3.63, 3.8) is 0 Å². The molecule has 0 unspecified atom stereocenters. The van der Waals surface area contributed by atoms with Gasteiger partial charge in [0.1, 0.15) is 12.2 Å². The SMILES string of the molecule is CC(C)(C)[Si](C)(C)O[C@@H]1CC(NCc2ccccc2)C[C@@H](O[Si](C)(C)C(C)(C)C)[C@@H](OCc2ccccc2)[C@@H]1OCc1ccccc1. The van der Waals surface area contributed by atoms with Crippen LogP contribution in [0.1, 0.15) is 71.1 Å². The summed E-state index contributed by atoms with van der Waals surface area (Å²) in [7, 11) is -4.38. The van der Waals surface area contributed by atoms with Crippen molar-refractivity contribution in [2.45, 2.75) is 141 Å². The van der Waals surface area contributed by atoms with Gasteiger partial charge in [0.2, 0.25) is 0 Å². The Bertz CT molecular complexity index is 1260. The fourth-order valence-corrected chi connectivity index (χ4v) is 8.33. The summed E-state index contributed by atoms with van der Waals surface area (Å²) in [6.07, 6.45) is 0.684. The molecule has 47 heavy (non-hydrogen) atoms. The Morgan fingerprint density at radius 3 is 1.23 bits per heavy atom. The molecule has 258 valence electrons. The van der Waals surface area contributed by atoms with E-state index in [1.807, 2.05) is 0 Å². The largest absolute Gasteiger partial charge is 0.411 e. The Labute approximate surface area is 288 Å². The van der Waals surface area contributed by atoms with Gasteiger partial charge in [-0.25, -0.2) is 0 Å². The van der Waals surface area contributed by atoms with E-state index in [1.54, 1.807) is 0 Å². The van der Waals surface area contributed by atoms with Crippen molar-refractivity contribution < 1.29 is 18.3 Å². The van der Waals surface area contributed by atoms with Crippen molar-refractivity contribution in [1.82, 2.24) is 5.32 Å². The van der Waals surface area contributed by atoms with E-state index in [0.717, 1.165) is 30.5 Å². The fraction of sp³-hybridized carbons (Fsp3) is 0.550. The van der Waals surface area contributed by atoms with Crippen molar-refractivity contribution in [3.8, 4) is 0 Å². The monoisotopic (exact) mass is 675 g/mol. The standard InChI is InChI=1S/C40H61NO4Si2/c1-39(2,3)46(7,8)44-35-26-34(41-28-31-20-14-11-15-21-31)27-36(45-47(9,10)40(4,5)6)38(43-30-33-24-18-13-19-25-33)37(35)42-29-32-22-16-12-17-23-32/h11-25,34-38,41H,26-30H2,1-10H3/t35-,36-,37-,38-/m1/s1.